The highest BCUT2D eigenvalue weighted by Crippen LogP contribution is 2.34. The van der Waals surface area contributed by atoms with Gasteiger partial charge in [0.25, 0.3) is 11.5 Å². The number of nitrogens with one attached hydrogen (secondary N) is 16. The van der Waals surface area contributed by atoms with Gasteiger partial charge in [0.2, 0.25) is 65.0 Å². The maximum absolute atomic E-state index is 14.8. The highest BCUT2D eigenvalue weighted by atomic mass is 16.5. The largest absolute Gasteiger partial charge is 0.480 e. The zero-order chi connectivity index (χ0) is 90.6. The summed E-state index contributed by atoms with van der Waals surface area (Å²) in [7, 11) is 1.14. The molecule has 11 amide bonds. The summed E-state index contributed by atoms with van der Waals surface area (Å²) >= 11 is 0. The molecule has 1 aliphatic heterocycles. The predicted molar refractivity (Wildman–Crippen MR) is 441 cm³/mol. The number of ether oxygens (including phenoxy) is 1. The third kappa shape index (κ3) is 28.4. The summed E-state index contributed by atoms with van der Waals surface area (Å²) in [5, 5.41) is 74.2. The first-order valence-electron chi connectivity index (χ1n) is 40.3. The maximum Gasteiger partial charge on any atom is 0.328 e. The fraction of sp³-hybridized carbons (Fsp3) is 0.463. The lowest BCUT2D eigenvalue weighted by atomic mass is 9.73. The van der Waals surface area contributed by atoms with Crippen molar-refractivity contribution in [3.63, 3.8) is 0 Å². The second-order valence-electron chi connectivity index (χ2n) is 31.0. The molecule has 1 fully saturated rings. The number of benzene rings is 2. The average molecular weight is 1730 g/mol. The van der Waals surface area contributed by atoms with Gasteiger partial charge in [-0.2, -0.15) is 4.98 Å². The maximum atomic E-state index is 14.8. The lowest BCUT2D eigenvalue weighted by molar-refractivity contribution is -0.145. The number of nitrogens with zero attached hydrogens (tertiary/aromatic N) is 8. The number of fused-ring (bicyclic) bond motifs is 3. The SMILES string of the molecule is COC(=O)[C@H](CCCCNC(C)=C1C(=O)CC(C)(C)CC1=O)NC(=O)[C@H](Cc1ccccc1)NC(=O)CNC(=O)[C@@H]1CCCCn2cc(nn2)C[C@H](NC(=O)CC[C@H](NC(=O)c2ccc(NCc3cnc4nc(N)[nH]c(=O)c4n3)cc2)C(=O)O)C(=O)N[C@H](Cc2cnc[nH]2)C(=O)N[C@H](CO)C(=O)N[C@H](Cc2cnc[nH]2)C(=O)N[C@H]([C@H](C)O)C(=O)N[C@H](C)C(=O)N1. The Balaban J connectivity index is 0.915. The second kappa shape index (κ2) is 45.0. The monoisotopic (exact) mass is 1730 g/mol. The number of anilines is 2. The smallest absolute Gasteiger partial charge is 0.328 e. The van der Waals surface area contributed by atoms with E-state index < -0.39 is 193 Å². The third-order valence-electron chi connectivity index (χ3n) is 20.3. The number of nitrogen functional groups attached to an aromatic ring is 1. The molecule has 9 rings (SSSR count). The van der Waals surface area contributed by atoms with Gasteiger partial charge in [-0.25, -0.2) is 29.5 Å². The number of aromatic amines is 3. The first-order valence-corrected chi connectivity index (χ1v) is 40.3. The van der Waals surface area contributed by atoms with Crippen LogP contribution in [0.4, 0.5) is 11.6 Å². The van der Waals surface area contributed by atoms with Gasteiger partial charge in [-0.3, -0.25) is 76.8 Å². The number of aliphatic hydroxyl groups is 2. The molecule has 2 aliphatic rings. The number of aliphatic carboxylic acids is 1. The van der Waals surface area contributed by atoms with E-state index in [0.717, 1.165) is 14.0 Å². The van der Waals surface area contributed by atoms with Crippen molar-refractivity contribution in [2.75, 3.05) is 37.9 Å². The number of esters is 1. The van der Waals surface area contributed by atoms with E-state index in [-0.39, 0.29) is 121 Å². The van der Waals surface area contributed by atoms with Crippen molar-refractivity contribution in [2.24, 2.45) is 5.41 Å². The number of hydrogen-bond acceptors (Lipinski definition) is 29. The normalized spacial score (nSPS) is 19.9. The number of rotatable bonds is 31. The number of allylic oxidation sites excluding steroid dienone is 2. The van der Waals surface area contributed by atoms with Crippen molar-refractivity contribution in [3.05, 3.63) is 148 Å². The Kier molecular flexibility index (Phi) is 34.1. The van der Waals surface area contributed by atoms with Crippen molar-refractivity contribution >= 4 is 111 Å². The lowest BCUT2D eigenvalue weighted by Gasteiger charge is -2.29. The van der Waals surface area contributed by atoms with Crippen LogP contribution in [0.3, 0.4) is 0 Å². The Hall–Kier alpha value is -14.3. The predicted octanol–water partition coefficient (Wildman–Crippen LogP) is -3.90. The lowest BCUT2D eigenvalue weighted by Crippen LogP contribution is -2.62. The summed E-state index contributed by atoms with van der Waals surface area (Å²) in [5.74, 6) is -14.0. The molecule has 668 valence electrons. The van der Waals surface area contributed by atoms with Crippen LogP contribution in [-0.4, -0.2) is 252 Å². The van der Waals surface area contributed by atoms with Gasteiger partial charge < -0.3 is 105 Å². The van der Waals surface area contributed by atoms with Crippen LogP contribution in [0.15, 0.2) is 108 Å². The van der Waals surface area contributed by atoms with Gasteiger partial charge in [0.05, 0.1) is 68.7 Å². The van der Waals surface area contributed by atoms with Crippen molar-refractivity contribution in [2.45, 2.75) is 204 Å². The minimum atomic E-state index is -1.90. The molecular formula is C80H103N25O20. The topological polar surface area (TPSA) is 668 Å². The van der Waals surface area contributed by atoms with E-state index in [1.807, 2.05) is 13.8 Å². The van der Waals surface area contributed by atoms with Gasteiger partial charge in [0.15, 0.2) is 22.7 Å². The summed E-state index contributed by atoms with van der Waals surface area (Å²) < 4.78 is 6.38. The number of amides is 11. The molecule has 0 saturated heterocycles. The molecule has 0 radical (unpaired) electrons. The number of aliphatic hydroxyl groups excluding tert-OH is 2. The Labute approximate surface area is 714 Å². The van der Waals surface area contributed by atoms with Crippen LogP contribution >= 0.6 is 0 Å². The number of carbonyl (C=O) groups is 15. The van der Waals surface area contributed by atoms with E-state index in [4.69, 9.17) is 10.5 Å². The van der Waals surface area contributed by atoms with Crippen molar-refractivity contribution < 1.29 is 92.0 Å². The Morgan fingerprint density at radius 3 is 2.01 bits per heavy atom. The molecule has 45 heteroatoms. The van der Waals surface area contributed by atoms with E-state index in [2.05, 4.69) is 119 Å². The fourth-order valence-corrected chi connectivity index (χ4v) is 13.6. The average Bonchev–Trinajstić information content (AvgIpc) is 1.39. The number of aryl methyl sites for hydroxylation is 1. The molecule has 7 aromatic rings. The minimum Gasteiger partial charge on any atom is -0.480 e. The zero-order valence-electron chi connectivity index (χ0n) is 69.4. The van der Waals surface area contributed by atoms with Crippen LogP contribution in [0.1, 0.15) is 138 Å². The molecule has 1 aliphatic carbocycles. The number of H-pyrrole nitrogens is 3. The molecule has 21 N–H and O–H groups in total. The number of carboxylic acids is 1. The standard InChI is InChI=1S/C80H103N25O20/c1-41(63-59(108)30-80(4,5)31-60(63)109)84-24-12-10-17-53(78(124)125-6)96-70(115)54(26-44-14-8-7-9-15-44)93-62(111)36-87-69(114)51-16-11-13-25-105-37-49(103-104-105)29-55(92-61(110)23-22-52(77(122)123)95-68(113)45-18-20-46(21-19-45)85-34-50-35-86-66-65(91-50)76(121)102-79(81)101-66)71(116)97-56(27-47-32-82-39-88-47)72(117)99-58(38-106)74(119)98-57(28-48-33-83-40-89-48)73(118)100-64(43(3)107)75(120)90-42(2)67(112)94-51/h7-9,14-15,18-21,32-33,35,37,39-40,42-43,51-58,64,84-85,106-107H,10-13,16-17,22-31,34,36,38H2,1-6H3,(H,82,88)(H,83,89)(H,87,114)(H,90,120)(H,92,110)(H,93,111)(H,94,112)(H,95,113)(H,96,115)(H,97,116)(H,98,119)(H,99,117)(H,100,118)(H,122,123)(H3,81,86,101,102,121)/t42-,43+,51+,52+,53+,54+,55+,56-,57-,58-,64-/m1/s1. The molecule has 2 bridgehead atoms. The number of unbranched alkanes of at least 4 members (excludes halogenated alkanes) is 1. The molecule has 6 heterocycles. The van der Waals surface area contributed by atoms with E-state index in [9.17, 15) is 92.0 Å². The highest BCUT2D eigenvalue weighted by molar-refractivity contribution is 6.22. The van der Waals surface area contributed by atoms with E-state index in [1.54, 1.807) is 37.3 Å². The van der Waals surface area contributed by atoms with E-state index in [0.29, 0.717) is 42.0 Å². The van der Waals surface area contributed by atoms with Gasteiger partial charge in [-0.05, 0) is 101 Å². The Morgan fingerprint density at radius 1 is 0.712 bits per heavy atom. The number of ketones is 2. The van der Waals surface area contributed by atoms with Crippen LogP contribution in [0.5, 0.6) is 0 Å². The van der Waals surface area contributed by atoms with Crippen molar-refractivity contribution in [1.29, 1.82) is 0 Å². The number of aromatic nitrogens is 11. The molecule has 5 aromatic heterocycles. The van der Waals surface area contributed by atoms with Crippen molar-refractivity contribution in [1.82, 2.24) is 119 Å². The zero-order valence-corrected chi connectivity index (χ0v) is 69.4. The summed E-state index contributed by atoms with van der Waals surface area (Å²) in [6, 6.07) is -1.77. The van der Waals surface area contributed by atoms with Crippen LogP contribution in [0.2, 0.25) is 0 Å². The quantitative estimate of drug-likeness (QED) is 0.00855. The van der Waals surface area contributed by atoms with Gasteiger partial charge in [-0.1, -0.05) is 49.4 Å². The third-order valence-corrected chi connectivity index (χ3v) is 20.3. The minimum absolute atomic E-state index is 0.0166. The number of methoxy groups -OCH3 is 1. The Morgan fingerprint density at radius 2 is 1.37 bits per heavy atom. The number of carboxylic acid groups (broad SMARTS) is 1. The molecule has 125 heavy (non-hydrogen) atoms. The van der Waals surface area contributed by atoms with Crippen molar-refractivity contribution in [3.8, 4) is 0 Å². The van der Waals surface area contributed by atoms with Crippen LogP contribution in [0.25, 0.3) is 11.2 Å². The molecule has 0 unspecified atom stereocenters. The molecule has 11 atom stereocenters. The first kappa shape index (κ1) is 94.6. The van der Waals surface area contributed by atoms with Crippen LogP contribution < -0.4 is 80.4 Å². The summed E-state index contributed by atoms with van der Waals surface area (Å²) in [6.45, 7) is 6.21. The molecular weight excluding hydrogens is 1630 g/mol. The van der Waals surface area contributed by atoms with Gasteiger partial charge in [0, 0.05) is 105 Å². The van der Waals surface area contributed by atoms with Crippen LogP contribution in [0, 0.1) is 5.41 Å². The summed E-state index contributed by atoms with van der Waals surface area (Å²) in [4.78, 5) is 249. The number of Topliss-reactive ketones (excluding diaryl/α,β-unsaturated/α-hetero) is 2. The van der Waals surface area contributed by atoms with E-state index in [1.165, 1.54) is 73.3 Å². The summed E-state index contributed by atoms with van der Waals surface area (Å²) in [6.07, 6.45) is 5.03. The van der Waals surface area contributed by atoms with Gasteiger partial charge in [-0.15, -0.1) is 5.10 Å². The Bertz CT molecular complexity index is 5090. The molecule has 1 saturated carbocycles. The highest BCUT2D eigenvalue weighted by Gasteiger charge is 2.39. The summed E-state index contributed by atoms with van der Waals surface area (Å²) in [5.41, 5.74) is 7.10. The molecule has 2 aromatic carbocycles. The fourth-order valence-electron chi connectivity index (χ4n) is 13.6. The van der Waals surface area contributed by atoms with Gasteiger partial charge in [0.1, 0.15) is 60.4 Å². The number of nitrogens with two attached hydrogens (primary N) is 1. The second-order valence-corrected chi connectivity index (χ2v) is 31.0. The molecule has 0 spiro atoms. The first-order chi connectivity index (χ1) is 59.6. The number of hydrogen-bond donors (Lipinski definition) is 20. The van der Waals surface area contributed by atoms with Gasteiger partial charge >= 0.3 is 11.9 Å². The van der Waals surface area contributed by atoms with Crippen LogP contribution in [-0.2, 0) is 111 Å². The number of imidazole rings is 2. The van der Waals surface area contributed by atoms with E-state index >= 15 is 0 Å². The molecule has 45 nitrogen and oxygen atoms in total. The number of carbonyl (C=O) groups excluding carboxylic acids is 14.